The van der Waals surface area contributed by atoms with Crippen LogP contribution in [0.1, 0.15) is 6.92 Å². The zero-order valence-corrected chi connectivity index (χ0v) is 11.3. The Balaban J connectivity index is 2.28. The number of carbonyl (C=O) groups is 2. The van der Waals surface area contributed by atoms with Crippen LogP contribution >= 0.6 is 11.8 Å². The fourth-order valence-corrected chi connectivity index (χ4v) is 2.02. The third-order valence-electron chi connectivity index (χ3n) is 2.14. The SMILES string of the molecule is CC(=O)NCCNC(=O)CSc1ccc(N)cc1F. The molecule has 7 heteroatoms. The summed E-state index contributed by atoms with van der Waals surface area (Å²) in [6.07, 6.45) is 0. The maximum atomic E-state index is 13.4. The molecule has 0 fully saturated rings. The fraction of sp³-hybridized carbons (Fsp3) is 0.333. The molecule has 1 aromatic carbocycles. The van der Waals surface area contributed by atoms with E-state index in [1.807, 2.05) is 0 Å². The van der Waals surface area contributed by atoms with Gasteiger partial charge in [0.1, 0.15) is 5.82 Å². The number of hydrogen-bond donors (Lipinski definition) is 3. The van der Waals surface area contributed by atoms with E-state index in [1.54, 1.807) is 12.1 Å². The molecule has 2 amide bonds. The van der Waals surface area contributed by atoms with Crippen molar-refractivity contribution in [1.82, 2.24) is 10.6 Å². The molecule has 0 unspecified atom stereocenters. The molecule has 4 N–H and O–H groups in total. The van der Waals surface area contributed by atoms with Crippen LogP contribution < -0.4 is 16.4 Å². The third-order valence-corrected chi connectivity index (χ3v) is 3.18. The Labute approximate surface area is 115 Å². The van der Waals surface area contributed by atoms with Crippen LogP contribution in [0.15, 0.2) is 23.1 Å². The van der Waals surface area contributed by atoms with Gasteiger partial charge < -0.3 is 16.4 Å². The maximum absolute atomic E-state index is 13.4. The van der Waals surface area contributed by atoms with Gasteiger partial charge in [0.2, 0.25) is 11.8 Å². The van der Waals surface area contributed by atoms with Crippen molar-refractivity contribution in [3.05, 3.63) is 24.0 Å². The largest absolute Gasteiger partial charge is 0.399 e. The Morgan fingerprint density at radius 1 is 1.32 bits per heavy atom. The molecule has 0 saturated heterocycles. The molecule has 0 aliphatic heterocycles. The van der Waals surface area contributed by atoms with Crippen LogP contribution in [0.2, 0.25) is 0 Å². The van der Waals surface area contributed by atoms with Crippen molar-refractivity contribution in [2.24, 2.45) is 0 Å². The third kappa shape index (κ3) is 6.10. The smallest absolute Gasteiger partial charge is 0.230 e. The topological polar surface area (TPSA) is 84.2 Å². The second kappa shape index (κ2) is 7.63. The first kappa shape index (κ1) is 15.3. The standard InChI is InChI=1S/C12H16FN3O2S/c1-8(17)15-4-5-16-12(18)7-19-11-3-2-9(14)6-10(11)13/h2-3,6H,4-5,7,14H2,1H3,(H,15,17)(H,16,18). The molecule has 0 bridgehead atoms. The minimum atomic E-state index is -0.434. The lowest BCUT2D eigenvalue weighted by atomic mass is 10.3. The van der Waals surface area contributed by atoms with Crippen molar-refractivity contribution in [1.29, 1.82) is 0 Å². The highest BCUT2D eigenvalue weighted by Crippen LogP contribution is 2.22. The van der Waals surface area contributed by atoms with Crippen LogP contribution in [0.4, 0.5) is 10.1 Å². The highest BCUT2D eigenvalue weighted by atomic mass is 32.2. The van der Waals surface area contributed by atoms with Crippen molar-refractivity contribution in [2.75, 3.05) is 24.6 Å². The normalized spacial score (nSPS) is 10.0. The number of thioether (sulfide) groups is 1. The Bertz CT molecular complexity index is 468. The molecule has 0 spiro atoms. The molecule has 1 rings (SSSR count). The molecule has 19 heavy (non-hydrogen) atoms. The maximum Gasteiger partial charge on any atom is 0.230 e. The van der Waals surface area contributed by atoms with E-state index in [-0.39, 0.29) is 17.6 Å². The lowest BCUT2D eigenvalue weighted by Gasteiger charge is -2.06. The van der Waals surface area contributed by atoms with E-state index in [0.717, 1.165) is 11.8 Å². The number of halogens is 1. The van der Waals surface area contributed by atoms with Gasteiger partial charge in [-0.05, 0) is 18.2 Å². The predicted octanol–water partition coefficient (Wildman–Crippen LogP) is 0.752. The van der Waals surface area contributed by atoms with Gasteiger partial charge in [0.05, 0.1) is 5.75 Å². The van der Waals surface area contributed by atoms with Gasteiger partial charge in [0.15, 0.2) is 0 Å². The van der Waals surface area contributed by atoms with Gasteiger partial charge in [-0.25, -0.2) is 4.39 Å². The fourth-order valence-electron chi connectivity index (χ4n) is 1.27. The molecule has 0 radical (unpaired) electrons. The molecular formula is C12H16FN3O2S. The quantitative estimate of drug-likeness (QED) is 0.409. The first-order chi connectivity index (χ1) is 8.99. The number of nitrogens with one attached hydrogen (secondary N) is 2. The highest BCUT2D eigenvalue weighted by molar-refractivity contribution is 8.00. The van der Waals surface area contributed by atoms with E-state index >= 15 is 0 Å². The summed E-state index contributed by atoms with van der Waals surface area (Å²) in [4.78, 5) is 22.4. The summed E-state index contributed by atoms with van der Waals surface area (Å²) in [5, 5.41) is 5.17. The van der Waals surface area contributed by atoms with Gasteiger partial charge in [0.25, 0.3) is 0 Å². The first-order valence-electron chi connectivity index (χ1n) is 5.68. The van der Waals surface area contributed by atoms with Crippen LogP contribution in [-0.4, -0.2) is 30.7 Å². The molecular weight excluding hydrogens is 269 g/mol. The summed E-state index contributed by atoms with van der Waals surface area (Å²) in [6.45, 7) is 2.13. The van der Waals surface area contributed by atoms with E-state index < -0.39 is 5.82 Å². The molecule has 0 aliphatic carbocycles. The van der Waals surface area contributed by atoms with Crippen molar-refractivity contribution in [3.8, 4) is 0 Å². The highest BCUT2D eigenvalue weighted by Gasteiger charge is 2.06. The summed E-state index contributed by atoms with van der Waals surface area (Å²) in [5.41, 5.74) is 5.77. The van der Waals surface area contributed by atoms with E-state index in [9.17, 15) is 14.0 Å². The van der Waals surface area contributed by atoms with Gasteiger partial charge in [-0.3, -0.25) is 9.59 Å². The Kier molecular flexibility index (Phi) is 6.14. The van der Waals surface area contributed by atoms with Gasteiger partial charge in [-0.2, -0.15) is 0 Å². The van der Waals surface area contributed by atoms with Crippen molar-refractivity contribution in [2.45, 2.75) is 11.8 Å². The lowest BCUT2D eigenvalue weighted by Crippen LogP contribution is -2.34. The number of amides is 2. The lowest BCUT2D eigenvalue weighted by molar-refractivity contribution is -0.120. The number of nitrogens with two attached hydrogens (primary N) is 1. The Morgan fingerprint density at radius 2 is 2.00 bits per heavy atom. The number of hydrogen-bond acceptors (Lipinski definition) is 4. The number of anilines is 1. The summed E-state index contributed by atoms with van der Waals surface area (Å²) in [5.74, 6) is -0.684. The molecule has 0 aliphatic rings. The molecule has 104 valence electrons. The van der Waals surface area contributed by atoms with E-state index in [4.69, 9.17) is 5.73 Å². The van der Waals surface area contributed by atoms with Crippen LogP contribution in [0.3, 0.4) is 0 Å². The van der Waals surface area contributed by atoms with Crippen molar-refractivity contribution < 1.29 is 14.0 Å². The van der Waals surface area contributed by atoms with Crippen molar-refractivity contribution >= 4 is 29.3 Å². The number of benzene rings is 1. The average molecular weight is 285 g/mol. The molecule has 5 nitrogen and oxygen atoms in total. The summed E-state index contributed by atoms with van der Waals surface area (Å²) in [7, 11) is 0. The van der Waals surface area contributed by atoms with Crippen LogP contribution in [0, 0.1) is 5.82 Å². The summed E-state index contributed by atoms with van der Waals surface area (Å²) >= 11 is 1.10. The minimum absolute atomic E-state index is 0.112. The molecule has 1 aromatic rings. The van der Waals surface area contributed by atoms with Gasteiger partial charge in [-0.15, -0.1) is 11.8 Å². The minimum Gasteiger partial charge on any atom is -0.399 e. The zero-order valence-electron chi connectivity index (χ0n) is 10.5. The zero-order chi connectivity index (χ0) is 14.3. The summed E-state index contributed by atoms with van der Waals surface area (Å²) in [6, 6.07) is 4.34. The van der Waals surface area contributed by atoms with Gasteiger partial charge in [-0.1, -0.05) is 0 Å². The van der Waals surface area contributed by atoms with Crippen molar-refractivity contribution in [3.63, 3.8) is 0 Å². The predicted molar refractivity (Wildman–Crippen MR) is 73.2 cm³/mol. The first-order valence-corrected chi connectivity index (χ1v) is 6.66. The Morgan fingerprint density at radius 3 is 2.63 bits per heavy atom. The summed E-state index contributed by atoms with van der Waals surface area (Å²) < 4.78 is 13.4. The molecule has 0 atom stereocenters. The monoisotopic (exact) mass is 285 g/mol. The number of nitrogen functional groups attached to an aromatic ring is 1. The van der Waals surface area contributed by atoms with Crippen LogP contribution in [-0.2, 0) is 9.59 Å². The average Bonchev–Trinajstić information content (AvgIpc) is 2.33. The van der Waals surface area contributed by atoms with E-state index in [0.29, 0.717) is 23.7 Å². The molecule has 0 heterocycles. The number of rotatable bonds is 6. The van der Waals surface area contributed by atoms with E-state index in [1.165, 1.54) is 13.0 Å². The van der Waals surface area contributed by atoms with Gasteiger partial charge in [0, 0.05) is 30.6 Å². The Hall–Kier alpha value is -1.76. The second-order valence-corrected chi connectivity index (χ2v) is 4.83. The van der Waals surface area contributed by atoms with Crippen LogP contribution in [0.25, 0.3) is 0 Å². The second-order valence-electron chi connectivity index (χ2n) is 3.81. The van der Waals surface area contributed by atoms with Crippen LogP contribution in [0.5, 0.6) is 0 Å². The molecule has 0 saturated carbocycles. The van der Waals surface area contributed by atoms with Gasteiger partial charge >= 0.3 is 0 Å². The molecule has 0 aromatic heterocycles. The number of carbonyl (C=O) groups excluding carboxylic acids is 2. The van der Waals surface area contributed by atoms with E-state index in [2.05, 4.69) is 10.6 Å².